The van der Waals surface area contributed by atoms with Gasteiger partial charge in [0, 0.05) is 37.1 Å². The summed E-state index contributed by atoms with van der Waals surface area (Å²) in [7, 11) is 0. The van der Waals surface area contributed by atoms with Crippen LogP contribution in [0.4, 0.5) is 5.69 Å². The van der Waals surface area contributed by atoms with Gasteiger partial charge in [-0.25, -0.2) is 4.98 Å². The fourth-order valence-corrected chi connectivity index (χ4v) is 4.54. The van der Waals surface area contributed by atoms with Gasteiger partial charge in [-0.05, 0) is 59.9 Å². The minimum Gasteiger partial charge on any atom is -0.364 e. The van der Waals surface area contributed by atoms with Crippen LogP contribution in [0, 0.1) is 13.8 Å². The summed E-state index contributed by atoms with van der Waals surface area (Å²) in [6.07, 6.45) is 3.57. The molecular weight excluding hydrogens is 408 g/mol. The Labute approximate surface area is 194 Å². The van der Waals surface area contributed by atoms with Crippen LogP contribution < -0.4 is 4.90 Å². The minimum absolute atomic E-state index is 0.0932. The molecule has 5 nitrogen and oxygen atoms in total. The molecule has 0 aliphatic carbocycles. The molecule has 33 heavy (non-hydrogen) atoms. The summed E-state index contributed by atoms with van der Waals surface area (Å²) >= 11 is 0. The van der Waals surface area contributed by atoms with Crippen LogP contribution in [0.5, 0.6) is 0 Å². The average Bonchev–Trinajstić information content (AvgIpc) is 3.29. The van der Waals surface area contributed by atoms with Crippen LogP contribution in [0.15, 0.2) is 79.3 Å². The molecule has 4 aromatic rings. The molecule has 0 bridgehead atoms. The number of aromatic nitrogens is 2. The van der Waals surface area contributed by atoms with Crippen molar-refractivity contribution in [2.75, 3.05) is 18.0 Å². The van der Waals surface area contributed by atoms with Gasteiger partial charge in [0.2, 0.25) is 0 Å². The van der Waals surface area contributed by atoms with Gasteiger partial charge in [-0.3, -0.25) is 4.79 Å². The molecule has 0 spiro atoms. The maximum atomic E-state index is 13.6. The zero-order chi connectivity index (χ0) is 22.8. The fraction of sp³-hybridized carbons (Fsp3) is 0.214. The number of nitrogens with zero attached hydrogens (tertiary/aromatic N) is 3. The van der Waals surface area contributed by atoms with E-state index in [1.807, 2.05) is 36.2 Å². The van der Waals surface area contributed by atoms with E-state index < -0.39 is 0 Å². The van der Waals surface area contributed by atoms with E-state index in [9.17, 15) is 4.79 Å². The van der Waals surface area contributed by atoms with Crippen molar-refractivity contribution in [1.82, 2.24) is 14.9 Å². The molecule has 166 valence electrons. The summed E-state index contributed by atoms with van der Waals surface area (Å²) in [6, 6.07) is 23.0. The molecule has 1 aliphatic heterocycles. The maximum Gasteiger partial charge on any atom is 0.254 e. The fourth-order valence-electron chi connectivity index (χ4n) is 4.54. The van der Waals surface area contributed by atoms with Crippen molar-refractivity contribution in [3.05, 3.63) is 107 Å². The van der Waals surface area contributed by atoms with Crippen LogP contribution in [-0.4, -0.2) is 33.9 Å². The van der Waals surface area contributed by atoms with Gasteiger partial charge in [0.15, 0.2) is 0 Å². The number of aromatic amines is 1. The molecule has 2 heterocycles. The normalized spacial score (nSPS) is 13.5. The molecule has 0 saturated carbocycles. The average molecular weight is 437 g/mol. The Morgan fingerprint density at radius 1 is 0.970 bits per heavy atom. The highest BCUT2D eigenvalue weighted by molar-refractivity contribution is 5.96. The lowest BCUT2D eigenvalue weighted by Crippen LogP contribution is -2.35. The Kier molecular flexibility index (Phi) is 5.69. The summed E-state index contributed by atoms with van der Waals surface area (Å²) in [5.74, 6) is 0.0932. The van der Waals surface area contributed by atoms with E-state index in [0.717, 1.165) is 46.6 Å². The first kappa shape index (κ1) is 21.0. The second-order valence-electron chi connectivity index (χ2n) is 8.68. The third-order valence-electron chi connectivity index (χ3n) is 6.57. The van der Waals surface area contributed by atoms with Crippen LogP contribution in [0.3, 0.4) is 0 Å². The Balaban J connectivity index is 1.53. The zero-order valence-corrected chi connectivity index (χ0v) is 19.1. The smallest absolute Gasteiger partial charge is 0.254 e. The number of H-pyrrole nitrogens is 1. The number of imidazole rings is 1. The van der Waals surface area contributed by atoms with E-state index in [1.165, 1.54) is 11.3 Å². The Morgan fingerprint density at radius 2 is 1.82 bits per heavy atom. The number of rotatable bonds is 4. The standard InChI is InChI=1S/C28H28N4O/c1-20-7-6-10-26(21(20)2)28(33)32-14-13-31(18-25-16-29-19-30-25)27-12-11-23(15-24(27)17-32)22-8-4-3-5-9-22/h3-12,15-16,19H,13-14,17-18H2,1-2H3,(H,29,30). The molecule has 0 radical (unpaired) electrons. The van der Waals surface area contributed by atoms with Gasteiger partial charge in [-0.2, -0.15) is 0 Å². The lowest BCUT2D eigenvalue weighted by Gasteiger charge is -2.24. The Bertz CT molecular complexity index is 1260. The molecule has 0 saturated heterocycles. The molecule has 5 rings (SSSR count). The SMILES string of the molecule is Cc1cccc(C(=O)N2CCN(Cc3cnc[nH]3)c3ccc(-c4ccccc4)cc3C2)c1C. The zero-order valence-electron chi connectivity index (χ0n) is 19.1. The van der Waals surface area contributed by atoms with Crippen LogP contribution in [0.2, 0.25) is 0 Å². The van der Waals surface area contributed by atoms with Gasteiger partial charge >= 0.3 is 0 Å². The van der Waals surface area contributed by atoms with Gasteiger partial charge in [0.05, 0.1) is 18.6 Å². The van der Waals surface area contributed by atoms with Crippen molar-refractivity contribution >= 4 is 11.6 Å². The van der Waals surface area contributed by atoms with E-state index in [1.54, 1.807) is 6.33 Å². The monoisotopic (exact) mass is 436 g/mol. The first-order valence-corrected chi connectivity index (χ1v) is 11.4. The first-order chi connectivity index (χ1) is 16.1. The summed E-state index contributed by atoms with van der Waals surface area (Å²) in [5.41, 5.74) is 8.71. The second-order valence-corrected chi connectivity index (χ2v) is 8.68. The third-order valence-corrected chi connectivity index (χ3v) is 6.57. The molecule has 0 atom stereocenters. The Hall–Kier alpha value is -3.86. The third kappa shape index (κ3) is 4.27. The first-order valence-electron chi connectivity index (χ1n) is 11.4. The van der Waals surface area contributed by atoms with E-state index in [-0.39, 0.29) is 5.91 Å². The molecule has 1 N–H and O–H groups in total. The molecular formula is C28H28N4O. The molecule has 1 amide bonds. The lowest BCUT2D eigenvalue weighted by atomic mass is 10.0. The lowest BCUT2D eigenvalue weighted by molar-refractivity contribution is 0.0750. The number of hydrogen-bond donors (Lipinski definition) is 1. The summed E-state index contributed by atoms with van der Waals surface area (Å²) in [4.78, 5) is 25.3. The molecule has 0 unspecified atom stereocenters. The predicted molar refractivity (Wildman–Crippen MR) is 132 cm³/mol. The molecule has 3 aromatic carbocycles. The van der Waals surface area contributed by atoms with Gasteiger partial charge < -0.3 is 14.8 Å². The number of benzene rings is 3. The van der Waals surface area contributed by atoms with Gasteiger partial charge in [0.25, 0.3) is 5.91 Å². The largest absolute Gasteiger partial charge is 0.364 e. The van der Waals surface area contributed by atoms with Crippen LogP contribution in [0.1, 0.15) is 32.7 Å². The highest BCUT2D eigenvalue weighted by Crippen LogP contribution is 2.32. The van der Waals surface area contributed by atoms with Crippen molar-refractivity contribution in [2.45, 2.75) is 26.9 Å². The number of aryl methyl sites for hydroxylation is 1. The topological polar surface area (TPSA) is 52.2 Å². The van der Waals surface area contributed by atoms with E-state index in [4.69, 9.17) is 0 Å². The maximum absolute atomic E-state index is 13.6. The molecule has 5 heteroatoms. The van der Waals surface area contributed by atoms with Crippen molar-refractivity contribution in [2.24, 2.45) is 0 Å². The highest BCUT2D eigenvalue weighted by atomic mass is 16.2. The van der Waals surface area contributed by atoms with E-state index in [0.29, 0.717) is 13.1 Å². The summed E-state index contributed by atoms with van der Waals surface area (Å²) in [6.45, 7) is 6.82. The van der Waals surface area contributed by atoms with Gasteiger partial charge in [-0.1, -0.05) is 48.5 Å². The van der Waals surface area contributed by atoms with Crippen LogP contribution >= 0.6 is 0 Å². The summed E-state index contributed by atoms with van der Waals surface area (Å²) < 4.78 is 0. The number of anilines is 1. The Morgan fingerprint density at radius 3 is 2.61 bits per heavy atom. The van der Waals surface area contributed by atoms with Gasteiger partial charge in [0.1, 0.15) is 0 Å². The number of carbonyl (C=O) groups excluding carboxylic acids is 1. The number of fused-ring (bicyclic) bond motifs is 1. The molecule has 1 aliphatic rings. The molecule has 1 aromatic heterocycles. The predicted octanol–water partition coefficient (Wildman–Crippen LogP) is 5.36. The van der Waals surface area contributed by atoms with Gasteiger partial charge in [-0.15, -0.1) is 0 Å². The van der Waals surface area contributed by atoms with Crippen molar-refractivity contribution in [1.29, 1.82) is 0 Å². The van der Waals surface area contributed by atoms with Crippen molar-refractivity contribution in [3.8, 4) is 11.1 Å². The van der Waals surface area contributed by atoms with E-state index >= 15 is 0 Å². The number of carbonyl (C=O) groups is 1. The second kappa shape index (κ2) is 8.94. The van der Waals surface area contributed by atoms with E-state index in [2.05, 4.69) is 70.3 Å². The number of hydrogen-bond acceptors (Lipinski definition) is 3. The number of nitrogens with one attached hydrogen (secondary N) is 1. The molecule has 0 fully saturated rings. The highest BCUT2D eigenvalue weighted by Gasteiger charge is 2.25. The quantitative estimate of drug-likeness (QED) is 0.469. The summed E-state index contributed by atoms with van der Waals surface area (Å²) in [5, 5.41) is 0. The minimum atomic E-state index is 0.0932. The van der Waals surface area contributed by atoms with Crippen LogP contribution in [-0.2, 0) is 13.1 Å². The van der Waals surface area contributed by atoms with Crippen LogP contribution in [0.25, 0.3) is 11.1 Å². The number of amides is 1. The van der Waals surface area contributed by atoms with Crippen molar-refractivity contribution in [3.63, 3.8) is 0 Å². The van der Waals surface area contributed by atoms with Crippen molar-refractivity contribution < 1.29 is 4.79 Å².